The molecule has 3 rings (SSSR count). The molecule has 0 bridgehead atoms. The number of benzene rings is 2. The SMILES string of the molecule is CC(NCC(=O)N1CCN(S(=O)(=O)c2ccccc2C#N)CC1)c1cccc(Cl)c1. The second kappa shape index (κ2) is 9.58. The van der Waals surface area contributed by atoms with Gasteiger partial charge in [-0.3, -0.25) is 4.79 Å². The van der Waals surface area contributed by atoms with Gasteiger partial charge in [0.2, 0.25) is 15.9 Å². The number of halogens is 1. The summed E-state index contributed by atoms with van der Waals surface area (Å²) in [6.07, 6.45) is 0. The Labute approximate surface area is 181 Å². The smallest absolute Gasteiger partial charge is 0.244 e. The van der Waals surface area contributed by atoms with Crippen LogP contribution in [0.15, 0.2) is 53.4 Å². The maximum Gasteiger partial charge on any atom is 0.244 e. The van der Waals surface area contributed by atoms with Crippen LogP contribution >= 0.6 is 11.6 Å². The fourth-order valence-electron chi connectivity index (χ4n) is 3.35. The first-order valence-corrected chi connectivity index (χ1v) is 11.4. The summed E-state index contributed by atoms with van der Waals surface area (Å²) >= 11 is 6.01. The van der Waals surface area contributed by atoms with E-state index in [1.165, 1.54) is 16.4 Å². The number of carbonyl (C=O) groups is 1. The van der Waals surface area contributed by atoms with Crippen LogP contribution in [0.2, 0.25) is 5.02 Å². The Bertz CT molecular complexity index is 1060. The molecule has 158 valence electrons. The Kier molecular flexibility index (Phi) is 7.10. The average Bonchev–Trinajstić information content (AvgIpc) is 2.77. The summed E-state index contributed by atoms with van der Waals surface area (Å²) < 4.78 is 27.1. The molecule has 1 amide bonds. The van der Waals surface area contributed by atoms with E-state index in [1.807, 2.05) is 31.2 Å². The quantitative estimate of drug-likeness (QED) is 0.735. The number of hydrogen-bond donors (Lipinski definition) is 1. The molecule has 0 aliphatic carbocycles. The minimum absolute atomic E-state index is 0.00397. The van der Waals surface area contributed by atoms with Crippen molar-refractivity contribution in [1.29, 1.82) is 5.26 Å². The largest absolute Gasteiger partial charge is 0.339 e. The van der Waals surface area contributed by atoms with Crippen molar-refractivity contribution >= 4 is 27.5 Å². The molecule has 9 heteroatoms. The topological polar surface area (TPSA) is 93.5 Å². The normalized spacial score (nSPS) is 16.1. The number of hydrogen-bond acceptors (Lipinski definition) is 5. The second-order valence-corrected chi connectivity index (χ2v) is 9.39. The number of amides is 1. The summed E-state index contributed by atoms with van der Waals surface area (Å²) in [4.78, 5) is 14.2. The van der Waals surface area contributed by atoms with Gasteiger partial charge in [-0.2, -0.15) is 9.57 Å². The number of nitrogens with zero attached hydrogens (tertiary/aromatic N) is 3. The van der Waals surface area contributed by atoms with Gasteiger partial charge >= 0.3 is 0 Å². The molecule has 0 saturated carbocycles. The predicted octanol–water partition coefficient (Wildman–Crippen LogP) is 2.40. The number of nitriles is 1. The minimum Gasteiger partial charge on any atom is -0.339 e. The molecule has 7 nitrogen and oxygen atoms in total. The highest BCUT2D eigenvalue weighted by Crippen LogP contribution is 2.21. The number of sulfonamides is 1. The van der Waals surface area contributed by atoms with Crippen LogP contribution in [-0.4, -0.2) is 56.3 Å². The molecule has 1 saturated heterocycles. The summed E-state index contributed by atoms with van der Waals surface area (Å²) in [5.74, 6) is -0.0849. The maximum atomic E-state index is 12.9. The van der Waals surface area contributed by atoms with E-state index in [9.17, 15) is 18.5 Å². The standard InChI is InChI=1S/C21H23ClN4O3S/c1-16(17-6-4-7-19(22)13-17)24-15-21(27)25-9-11-26(12-10-25)30(28,29)20-8-3-2-5-18(20)14-23/h2-8,13,16,24H,9-12,15H2,1H3. The van der Waals surface area contributed by atoms with E-state index in [1.54, 1.807) is 23.1 Å². The van der Waals surface area contributed by atoms with Crippen LogP contribution in [0.3, 0.4) is 0 Å². The number of carbonyl (C=O) groups excluding carboxylic acids is 1. The molecule has 1 unspecified atom stereocenters. The van der Waals surface area contributed by atoms with Gasteiger partial charge in [-0.05, 0) is 36.8 Å². The first kappa shape index (κ1) is 22.2. The van der Waals surface area contributed by atoms with E-state index in [-0.39, 0.29) is 42.0 Å². The van der Waals surface area contributed by atoms with E-state index in [0.29, 0.717) is 18.1 Å². The van der Waals surface area contributed by atoms with Crippen LogP contribution in [0, 0.1) is 11.3 Å². The highest BCUT2D eigenvalue weighted by atomic mass is 35.5. The van der Waals surface area contributed by atoms with Gasteiger partial charge < -0.3 is 10.2 Å². The number of rotatable bonds is 6. The fraction of sp³-hybridized carbons (Fsp3) is 0.333. The van der Waals surface area contributed by atoms with Crippen LogP contribution in [0.4, 0.5) is 0 Å². The van der Waals surface area contributed by atoms with Gasteiger partial charge in [-0.25, -0.2) is 8.42 Å². The van der Waals surface area contributed by atoms with E-state index in [4.69, 9.17) is 11.6 Å². The summed E-state index contributed by atoms with van der Waals surface area (Å²) in [5.41, 5.74) is 1.11. The van der Waals surface area contributed by atoms with Gasteiger partial charge in [0, 0.05) is 37.2 Å². The Morgan fingerprint density at radius 3 is 2.53 bits per heavy atom. The zero-order valence-electron chi connectivity index (χ0n) is 16.6. The predicted molar refractivity (Wildman–Crippen MR) is 114 cm³/mol. The second-order valence-electron chi connectivity index (χ2n) is 7.05. The van der Waals surface area contributed by atoms with Gasteiger partial charge in [0.05, 0.1) is 17.0 Å². The van der Waals surface area contributed by atoms with E-state index < -0.39 is 10.0 Å². The van der Waals surface area contributed by atoms with Gasteiger partial charge in [0.15, 0.2) is 0 Å². The third kappa shape index (κ3) is 4.99. The summed E-state index contributed by atoms with van der Waals surface area (Å²) in [5, 5.41) is 13.0. The lowest BCUT2D eigenvalue weighted by Crippen LogP contribution is -2.52. The van der Waals surface area contributed by atoms with Crippen molar-refractivity contribution < 1.29 is 13.2 Å². The van der Waals surface area contributed by atoms with Crippen LogP contribution in [0.1, 0.15) is 24.1 Å². The van der Waals surface area contributed by atoms with Gasteiger partial charge in [-0.1, -0.05) is 35.9 Å². The monoisotopic (exact) mass is 446 g/mol. The van der Waals surface area contributed by atoms with E-state index >= 15 is 0 Å². The average molecular weight is 447 g/mol. The lowest BCUT2D eigenvalue weighted by Gasteiger charge is -2.34. The summed E-state index contributed by atoms with van der Waals surface area (Å²) in [6, 6.07) is 15.5. The van der Waals surface area contributed by atoms with Crippen molar-refractivity contribution in [3.63, 3.8) is 0 Å². The van der Waals surface area contributed by atoms with Crippen molar-refractivity contribution in [1.82, 2.24) is 14.5 Å². The molecule has 2 aromatic rings. The number of nitrogens with one attached hydrogen (secondary N) is 1. The molecule has 2 aromatic carbocycles. The Morgan fingerprint density at radius 1 is 1.17 bits per heavy atom. The zero-order chi connectivity index (χ0) is 21.7. The van der Waals surface area contributed by atoms with E-state index in [0.717, 1.165) is 5.56 Å². The summed E-state index contributed by atoms with van der Waals surface area (Å²) in [6.45, 7) is 3.10. The first-order chi connectivity index (χ1) is 14.3. The summed E-state index contributed by atoms with van der Waals surface area (Å²) in [7, 11) is -3.78. The molecule has 0 aromatic heterocycles. The van der Waals surface area contributed by atoms with Crippen molar-refractivity contribution in [3.8, 4) is 6.07 Å². The minimum atomic E-state index is -3.78. The van der Waals surface area contributed by atoms with Crippen LogP contribution in [0.5, 0.6) is 0 Å². The van der Waals surface area contributed by atoms with Gasteiger partial charge in [-0.15, -0.1) is 0 Å². The number of piperazine rings is 1. The molecule has 1 aliphatic heterocycles. The molecule has 1 fully saturated rings. The lowest BCUT2D eigenvalue weighted by atomic mass is 10.1. The Morgan fingerprint density at radius 2 is 1.87 bits per heavy atom. The first-order valence-electron chi connectivity index (χ1n) is 9.59. The van der Waals surface area contributed by atoms with Crippen LogP contribution < -0.4 is 5.32 Å². The molecule has 1 aliphatic rings. The Balaban J connectivity index is 1.56. The highest BCUT2D eigenvalue weighted by molar-refractivity contribution is 7.89. The zero-order valence-corrected chi connectivity index (χ0v) is 18.2. The highest BCUT2D eigenvalue weighted by Gasteiger charge is 2.31. The van der Waals surface area contributed by atoms with Crippen molar-refractivity contribution in [2.75, 3.05) is 32.7 Å². The molecule has 0 spiro atoms. The van der Waals surface area contributed by atoms with Crippen molar-refractivity contribution in [2.24, 2.45) is 0 Å². The van der Waals surface area contributed by atoms with E-state index in [2.05, 4.69) is 5.32 Å². The third-order valence-electron chi connectivity index (χ3n) is 5.12. The Hall–Kier alpha value is -2.44. The molecule has 1 heterocycles. The molecule has 30 heavy (non-hydrogen) atoms. The fourth-order valence-corrected chi connectivity index (χ4v) is 5.11. The van der Waals surface area contributed by atoms with Gasteiger partial charge in [0.25, 0.3) is 0 Å². The molecule has 0 radical (unpaired) electrons. The molecule has 1 atom stereocenters. The van der Waals surface area contributed by atoms with Crippen LogP contribution in [0.25, 0.3) is 0 Å². The van der Waals surface area contributed by atoms with Crippen molar-refractivity contribution in [2.45, 2.75) is 17.9 Å². The third-order valence-corrected chi connectivity index (χ3v) is 7.32. The van der Waals surface area contributed by atoms with Crippen molar-refractivity contribution in [3.05, 3.63) is 64.7 Å². The molecule has 1 N–H and O–H groups in total. The molecular formula is C21H23ClN4O3S. The molecular weight excluding hydrogens is 424 g/mol. The van der Waals surface area contributed by atoms with Gasteiger partial charge in [0.1, 0.15) is 6.07 Å². The van der Waals surface area contributed by atoms with Crippen LogP contribution in [-0.2, 0) is 14.8 Å². The maximum absolute atomic E-state index is 12.9. The lowest BCUT2D eigenvalue weighted by molar-refractivity contribution is -0.131.